The van der Waals surface area contributed by atoms with Gasteiger partial charge < -0.3 is 20.5 Å². The Labute approximate surface area is 176 Å². The number of hydrogen-bond donors (Lipinski definition) is 3. The molecule has 0 saturated carbocycles. The van der Waals surface area contributed by atoms with Gasteiger partial charge in [-0.25, -0.2) is 9.97 Å². The molecule has 3 aromatic rings. The SMILES string of the molecule is COc1cc(Br)cc(OCC(C)CN)c1-c1cc(Nc2cnc(C#N)cn2)n[nH]1. The Hall–Kier alpha value is -3.16. The zero-order chi connectivity index (χ0) is 20.8. The zero-order valence-electron chi connectivity index (χ0n) is 15.9. The van der Waals surface area contributed by atoms with Gasteiger partial charge in [0.1, 0.15) is 23.4 Å². The first-order valence-corrected chi connectivity index (χ1v) is 9.58. The number of anilines is 2. The van der Waals surface area contributed by atoms with E-state index in [-0.39, 0.29) is 11.6 Å². The lowest BCUT2D eigenvalue weighted by Crippen LogP contribution is -2.18. The number of hydrogen-bond acceptors (Lipinski definition) is 8. The summed E-state index contributed by atoms with van der Waals surface area (Å²) in [6.45, 7) is 3.03. The maximum atomic E-state index is 8.81. The van der Waals surface area contributed by atoms with E-state index in [0.29, 0.717) is 42.0 Å². The summed E-state index contributed by atoms with van der Waals surface area (Å²) in [7, 11) is 1.60. The van der Waals surface area contributed by atoms with Crippen LogP contribution in [0.4, 0.5) is 11.6 Å². The number of H-pyrrole nitrogens is 1. The Balaban J connectivity index is 1.90. The average Bonchev–Trinajstić information content (AvgIpc) is 3.19. The molecule has 0 saturated heterocycles. The number of aromatic nitrogens is 4. The second-order valence-electron chi connectivity index (χ2n) is 6.32. The molecule has 2 heterocycles. The highest BCUT2D eigenvalue weighted by Crippen LogP contribution is 2.41. The lowest BCUT2D eigenvalue weighted by atomic mass is 10.1. The first-order chi connectivity index (χ1) is 14.0. The van der Waals surface area contributed by atoms with Crippen LogP contribution in [0.2, 0.25) is 0 Å². The summed E-state index contributed by atoms with van der Waals surface area (Å²) >= 11 is 3.48. The highest BCUT2D eigenvalue weighted by Gasteiger charge is 2.18. The first kappa shape index (κ1) is 20.6. The van der Waals surface area contributed by atoms with Crippen molar-refractivity contribution in [2.24, 2.45) is 11.7 Å². The smallest absolute Gasteiger partial charge is 0.158 e. The fraction of sp³-hybridized carbons (Fsp3) is 0.263. The second-order valence-corrected chi connectivity index (χ2v) is 7.24. The van der Waals surface area contributed by atoms with Gasteiger partial charge in [0.25, 0.3) is 0 Å². The molecule has 0 spiro atoms. The largest absolute Gasteiger partial charge is 0.496 e. The number of aromatic amines is 1. The van der Waals surface area contributed by atoms with Gasteiger partial charge in [-0.2, -0.15) is 10.4 Å². The summed E-state index contributed by atoms with van der Waals surface area (Å²) in [6.07, 6.45) is 2.86. The molecule has 0 radical (unpaired) electrons. The van der Waals surface area contributed by atoms with Gasteiger partial charge in [0.05, 0.1) is 37.4 Å². The van der Waals surface area contributed by atoms with E-state index in [1.165, 1.54) is 12.4 Å². The van der Waals surface area contributed by atoms with Crippen molar-refractivity contribution < 1.29 is 9.47 Å². The summed E-state index contributed by atoms with van der Waals surface area (Å²) in [5, 5.41) is 19.1. The van der Waals surface area contributed by atoms with Gasteiger partial charge >= 0.3 is 0 Å². The van der Waals surface area contributed by atoms with E-state index < -0.39 is 0 Å². The summed E-state index contributed by atoms with van der Waals surface area (Å²) < 4.78 is 12.4. The number of rotatable bonds is 8. The highest BCUT2D eigenvalue weighted by atomic mass is 79.9. The van der Waals surface area contributed by atoms with Crippen molar-refractivity contribution in [1.29, 1.82) is 5.26 Å². The van der Waals surface area contributed by atoms with Crippen molar-refractivity contribution in [2.75, 3.05) is 25.6 Å². The first-order valence-electron chi connectivity index (χ1n) is 8.79. The fourth-order valence-electron chi connectivity index (χ4n) is 2.49. The van der Waals surface area contributed by atoms with Crippen molar-refractivity contribution in [3.05, 3.63) is 40.8 Å². The normalized spacial score (nSPS) is 11.6. The molecule has 0 aliphatic heterocycles. The van der Waals surface area contributed by atoms with Crippen molar-refractivity contribution in [3.8, 4) is 28.8 Å². The van der Waals surface area contributed by atoms with Gasteiger partial charge in [-0.15, -0.1) is 0 Å². The Morgan fingerprint density at radius 2 is 2.03 bits per heavy atom. The van der Waals surface area contributed by atoms with E-state index in [1.54, 1.807) is 7.11 Å². The standard InChI is InChI=1S/C19H20BrN7O2/c1-11(6-21)10-29-16-4-12(20)3-15(28-2)19(16)14-5-17(27-26-14)25-18-9-23-13(7-22)8-24-18/h3-5,8-9,11H,6,10,21H2,1-2H3,(H2,24,25,26,27). The predicted octanol–water partition coefficient (Wildman–Crippen LogP) is 3.23. The van der Waals surface area contributed by atoms with E-state index in [0.717, 1.165) is 10.0 Å². The number of nitrogens with two attached hydrogens (primary N) is 1. The molecule has 1 aromatic carbocycles. The van der Waals surface area contributed by atoms with Crippen LogP contribution in [0, 0.1) is 17.2 Å². The lowest BCUT2D eigenvalue weighted by Gasteiger charge is -2.16. The second kappa shape index (κ2) is 9.36. The maximum absolute atomic E-state index is 8.81. The maximum Gasteiger partial charge on any atom is 0.158 e. The minimum Gasteiger partial charge on any atom is -0.496 e. The van der Waals surface area contributed by atoms with Gasteiger partial charge in [-0.1, -0.05) is 22.9 Å². The van der Waals surface area contributed by atoms with Crippen molar-refractivity contribution >= 4 is 27.6 Å². The van der Waals surface area contributed by atoms with E-state index >= 15 is 0 Å². The zero-order valence-corrected chi connectivity index (χ0v) is 17.5. The number of nitrogens with one attached hydrogen (secondary N) is 2. The van der Waals surface area contributed by atoms with Gasteiger partial charge in [-0.3, -0.25) is 5.10 Å². The third kappa shape index (κ3) is 5.01. The minimum absolute atomic E-state index is 0.210. The molecule has 1 atom stereocenters. The molecule has 4 N–H and O–H groups in total. The molecule has 0 aliphatic rings. The predicted molar refractivity (Wildman–Crippen MR) is 112 cm³/mol. The quantitative estimate of drug-likeness (QED) is 0.468. The van der Waals surface area contributed by atoms with Gasteiger partial charge in [-0.05, 0) is 18.7 Å². The number of benzene rings is 1. The lowest BCUT2D eigenvalue weighted by molar-refractivity contribution is 0.263. The number of halogens is 1. The molecule has 1 unspecified atom stereocenters. The molecule has 0 fully saturated rings. The van der Waals surface area contributed by atoms with Gasteiger partial charge in [0.2, 0.25) is 0 Å². The minimum atomic E-state index is 0.210. The molecule has 10 heteroatoms. The van der Waals surface area contributed by atoms with Crippen LogP contribution in [-0.4, -0.2) is 40.4 Å². The number of nitrogens with zero attached hydrogens (tertiary/aromatic N) is 4. The molecule has 3 rings (SSSR count). The van der Waals surface area contributed by atoms with E-state index in [2.05, 4.69) is 41.4 Å². The summed E-state index contributed by atoms with van der Waals surface area (Å²) in [5.41, 5.74) is 7.39. The molecule has 0 amide bonds. The van der Waals surface area contributed by atoms with Crippen LogP contribution < -0.4 is 20.5 Å². The molecule has 0 aliphatic carbocycles. The van der Waals surface area contributed by atoms with Crippen molar-refractivity contribution in [3.63, 3.8) is 0 Å². The van der Waals surface area contributed by atoms with Crippen LogP contribution in [0.15, 0.2) is 35.1 Å². The molecule has 29 heavy (non-hydrogen) atoms. The van der Waals surface area contributed by atoms with Crippen LogP contribution in [0.25, 0.3) is 11.3 Å². The highest BCUT2D eigenvalue weighted by molar-refractivity contribution is 9.10. The monoisotopic (exact) mass is 457 g/mol. The van der Waals surface area contributed by atoms with E-state index in [4.69, 9.17) is 20.5 Å². The van der Waals surface area contributed by atoms with Crippen LogP contribution in [0.5, 0.6) is 11.5 Å². The van der Waals surface area contributed by atoms with Crippen LogP contribution in [-0.2, 0) is 0 Å². The molecule has 150 valence electrons. The summed E-state index contributed by atoms with van der Waals surface area (Å²) in [6, 6.07) is 7.47. The van der Waals surface area contributed by atoms with Gasteiger partial charge in [0.15, 0.2) is 11.5 Å². The average molecular weight is 458 g/mol. The number of nitriles is 1. The van der Waals surface area contributed by atoms with E-state index in [1.807, 2.05) is 31.2 Å². The Morgan fingerprint density at radius 3 is 2.69 bits per heavy atom. The number of methoxy groups -OCH3 is 1. The number of ether oxygens (including phenoxy) is 2. The Bertz CT molecular complexity index is 1010. The summed E-state index contributed by atoms with van der Waals surface area (Å²) in [5.74, 6) is 2.48. The Morgan fingerprint density at radius 1 is 1.24 bits per heavy atom. The molecular weight excluding hydrogens is 438 g/mol. The van der Waals surface area contributed by atoms with Crippen LogP contribution in [0.3, 0.4) is 0 Å². The third-order valence-corrected chi connectivity index (χ3v) is 4.50. The fourth-order valence-corrected chi connectivity index (χ4v) is 2.91. The molecule has 2 aromatic heterocycles. The summed E-state index contributed by atoms with van der Waals surface area (Å²) in [4.78, 5) is 8.11. The van der Waals surface area contributed by atoms with Gasteiger partial charge in [0, 0.05) is 16.5 Å². The van der Waals surface area contributed by atoms with Crippen LogP contribution >= 0.6 is 15.9 Å². The van der Waals surface area contributed by atoms with Crippen molar-refractivity contribution in [2.45, 2.75) is 6.92 Å². The van der Waals surface area contributed by atoms with Crippen molar-refractivity contribution in [1.82, 2.24) is 20.2 Å². The molecule has 0 bridgehead atoms. The topological polar surface area (TPSA) is 135 Å². The molecular formula is C19H20BrN7O2. The molecule has 9 nitrogen and oxygen atoms in total. The third-order valence-electron chi connectivity index (χ3n) is 4.05. The Kier molecular flexibility index (Phi) is 6.64. The van der Waals surface area contributed by atoms with Crippen LogP contribution in [0.1, 0.15) is 12.6 Å². The van der Waals surface area contributed by atoms with E-state index in [9.17, 15) is 0 Å².